The number of nitrogens with zero attached hydrogens (tertiary/aromatic N) is 1. The number of hydrogen-bond acceptors (Lipinski definition) is 3. The van der Waals surface area contributed by atoms with Crippen molar-refractivity contribution in [3.05, 3.63) is 0 Å². The molecule has 2 heterocycles. The van der Waals surface area contributed by atoms with Gasteiger partial charge >= 0.3 is 0 Å². The lowest BCUT2D eigenvalue weighted by molar-refractivity contribution is -0.148. The zero-order valence-electron chi connectivity index (χ0n) is 11.0. The first-order valence-electron chi connectivity index (χ1n) is 6.76. The van der Waals surface area contributed by atoms with E-state index in [0.717, 1.165) is 32.5 Å². The number of carbonyl (C=O) groups is 1. The molecule has 4 nitrogen and oxygen atoms in total. The van der Waals surface area contributed by atoms with Crippen LogP contribution in [0.2, 0.25) is 0 Å². The molecule has 2 aliphatic heterocycles. The highest BCUT2D eigenvalue weighted by atomic mass is 16.5. The third-order valence-electron chi connectivity index (χ3n) is 4.15. The van der Waals surface area contributed by atoms with Gasteiger partial charge in [-0.3, -0.25) is 4.79 Å². The molecule has 4 heteroatoms. The van der Waals surface area contributed by atoms with E-state index in [1.165, 1.54) is 6.42 Å². The van der Waals surface area contributed by atoms with Crippen LogP contribution in [0.4, 0.5) is 0 Å². The lowest BCUT2D eigenvalue weighted by atomic mass is 9.79. The lowest BCUT2D eigenvalue weighted by Crippen LogP contribution is -2.53. The molecule has 0 aromatic rings. The minimum Gasteiger partial charge on any atom is -0.366 e. The third-order valence-corrected chi connectivity index (χ3v) is 4.15. The van der Waals surface area contributed by atoms with Crippen LogP contribution >= 0.6 is 0 Å². The minimum atomic E-state index is -0.261. The number of rotatable bonds is 2. The molecule has 2 atom stereocenters. The van der Waals surface area contributed by atoms with Crippen LogP contribution in [0.3, 0.4) is 0 Å². The molecule has 0 saturated carbocycles. The molecule has 2 aliphatic rings. The minimum absolute atomic E-state index is 0.177. The highest BCUT2D eigenvalue weighted by molar-refractivity contribution is 5.81. The van der Waals surface area contributed by atoms with Crippen molar-refractivity contribution in [3.63, 3.8) is 0 Å². The maximum Gasteiger partial charge on any atom is 0.253 e. The van der Waals surface area contributed by atoms with Gasteiger partial charge in [0.15, 0.2) is 0 Å². The Morgan fingerprint density at radius 3 is 3.06 bits per heavy atom. The Morgan fingerprint density at radius 2 is 2.41 bits per heavy atom. The van der Waals surface area contributed by atoms with Crippen molar-refractivity contribution in [2.24, 2.45) is 5.41 Å². The largest absolute Gasteiger partial charge is 0.366 e. The number of piperidine rings is 1. The molecule has 0 aliphatic carbocycles. The first kappa shape index (κ1) is 12.8. The van der Waals surface area contributed by atoms with E-state index in [1.54, 1.807) is 0 Å². The number of hydrogen-bond donors (Lipinski definition) is 1. The molecule has 17 heavy (non-hydrogen) atoms. The second kappa shape index (κ2) is 5.36. The Hall–Kier alpha value is -0.610. The maximum absolute atomic E-state index is 12.3. The van der Waals surface area contributed by atoms with E-state index in [-0.39, 0.29) is 12.0 Å². The van der Waals surface area contributed by atoms with Gasteiger partial charge < -0.3 is 15.0 Å². The summed E-state index contributed by atoms with van der Waals surface area (Å²) in [4.78, 5) is 14.3. The smallest absolute Gasteiger partial charge is 0.253 e. The average molecular weight is 240 g/mol. The zero-order chi connectivity index (χ0) is 12.3. The van der Waals surface area contributed by atoms with E-state index >= 15 is 0 Å². The predicted octanol–water partition coefficient (Wildman–Crippen LogP) is 1.01. The Morgan fingerprint density at radius 1 is 1.59 bits per heavy atom. The summed E-state index contributed by atoms with van der Waals surface area (Å²) in [5.74, 6) is 0.177. The molecule has 98 valence electrons. The summed E-state index contributed by atoms with van der Waals surface area (Å²) in [5, 5.41) is 3.22. The fraction of sp³-hybridized carbons (Fsp3) is 0.923. The molecule has 0 aromatic heterocycles. The predicted molar refractivity (Wildman–Crippen MR) is 66.8 cm³/mol. The van der Waals surface area contributed by atoms with E-state index in [2.05, 4.69) is 19.2 Å². The summed E-state index contributed by atoms with van der Waals surface area (Å²) >= 11 is 0. The second-order valence-corrected chi connectivity index (χ2v) is 5.59. The summed E-state index contributed by atoms with van der Waals surface area (Å²) in [6, 6.07) is 0. The fourth-order valence-corrected chi connectivity index (χ4v) is 2.72. The van der Waals surface area contributed by atoms with Crippen LogP contribution in [-0.4, -0.2) is 49.7 Å². The van der Waals surface area contributed by atoms with E-state index < -0.39 is 0 Å². The Kier molecular flexibility index (Phi) is 4.05. The fourth-order valence-electron chi connectivity index (χ4n) is 2.72. The van der Waals surface area contributed by atoms with Gasteiger partial charge in [0.2, 0.25) is 0 Å². The van der Waals surface area contributed by atoms with Crippen LogP contribution in [0.5, 0.6) is 0 Å². The topological polar surface area (TPSA) is 41.6 Å². The van der Waals surface area contributed by atoms with Crippen LogP contribution in [0.25, 0.3) is 0 Å². The number of nitrogens with one attached hydrogen (secondary N) is 1. The first-order chi connectivity index (χ1) is 8.14. The van der Waals surface area contributed by atoms with Gasteiger partial charge in [-0.25, -0.2) is 0 Å². The van der Waals surface area contributed by atoms with Crippen molar-refractivity contribution >= 4 is 5.91 Å². The van der Waals surface area contributed by atoms with Crippen molar-refractivity contribution < 1.29 is 9.53 Å². The molecule has 1 amide bonds. The lowest BCUT2D eigenvalue weighted by Gasteiger charge is -2.41. The quantitative estimate of drug-likeness (QED) is 0.783. The Labute approximate surface area is 104 Å². The van der Waals surface area contributed by atoms with E-state index in [4.69, 9.17) is 4.74 Å². The number of ether oxygens (including phenoxy) is 1. The second-order valence-electron chi connectivity index (χ2n) is 5.59. The van der Waals surface area contributed by atoms with Crippen molar-refractivity contribution in [2.45, 2.75) is 39.2 Å². The monoisotopic (exact) mass is 240 g/mol. The molecule has 2 fully saturated rings. The summed E-state index contributed by atoms with van der Waals surface area (Å²) in [6.45, 7) is 8.46. The maximum atomic E-state index is 12.3. The van der Waals surface area contributed by atoms with Gasteiger partial charge in [-0.1, -0.05) is 13.8 Å². The van der Waals surface area contributed by atoms with Gasteiger partial charge in [0.05, 0.1) is 6.61 Å². The molecular formula is C13H24N2O2. The molecular weight excluding hydrogens is 216 g/mol. The molecule has 2 saturated heterocycles. The summed E-state index contributed by atoms with van der Waals surface area (Å²) < 4.78 is 5.54. The van der Waals surface area contributed by atoms with Crippen LogP contribution < -0.4 is 5.32 Å². The van der Waals surface area contributed by atoms with Crippen molar-refractivity contribution in [3.8, 4) is 0 Å². The van der Waals surface area contributed by atoms with Crippen molar-refractivity contribution in [2.75, 3.05) is 32.8 Å². The molecule has 0 spiro atoms. The van der Waals surface area contributed by atoms with Crippen LogP contribution in [0.15, 0.2) is 0 Å². The summed E-state index contributed by atoms with van der Waals surface area (Å²) in [7, 11) is 0. The first-order valence-corrected chi connectivity index (χ1v) is 6.76. The van der Waals surface area contributed by atoms with E-state index in [9.17, 15) is 4.79 Å². The standard InChI is InChI=1S/C13H24N2O2/c1-3-13(2)5-4-7-15(10-13)12(16)11-9-14-6-8-17-11/h11,14H,3-10H2,1-2H3. The number of amides is 1. The molecule has 0 bridgehead atoms. The number of morpholine rings is 1. The van der Waals surface area contributed by atoms with Crippen LogP contribution in [0, 0.1) is 5.41 Å². The third kappa shape index (κ3) is 2.99. The van der Waals surface area contributed by atoms with Gasteiger partial charge in [0.25, 0.3) is 5.91 Å². The van der Waals surface area contributed by atoms with Crippen LogP contribution in [0.1, 0.15) is 33.1 Å². The Balaban J connectivity index is 1.94. The van der Waals surface area contributed by atoms with Gasteiger partial charge in [0.1, 0.15) is 6.10 Å². The van der Waals surface area contributed by atoms with Gasteiger partial charge in [0, 0.05) is 26.2 Å². The zero-order valence-corrected chi connectivity index (χ0v) is 11.0. The molecule has 2 rings (SSSR count). The normalized spacial score (nSPS) is 34.7. The average Bonchev–Trinajstić information content (AvgIpc) is 2.39. The molecule has 1 N–H and O–H groups in total. The van der Waals surface area contributed by atoms with Gasteiger partial charge in [-0.15, -0.1) is 0 Å². The summed E-state index contributed by atoms with van der Waals surface area (Å²) in [6.07, 6.45) is 3.23. The van der Waals surface area contributed by atoms with Crippen LogP contribution in [-0.2, 0) is 9.53 Å². The Bertz CT molecular complexity index is 277. The molecule has 0 aromatic carbocycles. The van der Waals surface area contributed by atoms with E-state index in [1.807, 2.05) is 4.90 Å². The number of carbonyl (C=O) groups excluding carboxylic acids is 1. The molecule has 0 radical (unpaired) electrons. The van der Waals surface area contributed by atoms with Gasteiger partial charge in [-0.2, -0.15) is 0 Å². The highest BCUT2D eigenvalue weighted by Crippen LogP contribution is 2.32. The highest BCUT2D eigenvalue weighted by Gasteiger charge is 2.35. The molecule has 2 unspecified atom stereocenters. The summed E-state index contributed by atoms with van der Waals surface area (Å²) in [5.41, 5.74) is 0.302. The van der Waals surface area contributed by atoms with Gasteiger partial charge in [-0.05, 0) is 24.7 Å². The van der Waals surface area contributed by atoms with E-state index in [0.29, 0.717) is 18.6 Å². The SMILES string of the molecule is CCC1(C)CCCN(C(=O)C2CNCCO2)C1. The van der Waals surface area contributed by atoms with Crippen molar-refractivity contribution in [1.82, 2.24) is 10.2 Å². The number of likely N-dealkylation sites (tertiary alicyclic amines) is 1. The van der Waals surface area contributed by atoms with Crippen molar-refractivity contribution in [1.29, 1.82) is 0 Å².